The van der Waals surface area contributed by atoms with Crippen LogP contribution in [0.5, 0.6) is 0 Å². The third-order valence-electron chi connectivity index (χ3n) is 8.09. The third kappa shape index (κ3) is 9.51. The molecule has 7 amide bonds. The van der Waals surface area contributed by atoms with Crippen LogP contribution >= 0.6 is 34.9 Å². The fourth-order valence-corrected chi connectivity index (χ4v) is 8.64. The van der Waals surface area contributed by atoms with Gasteiger partial charge in [0.1, 0.15) is 40.8 Å². The van der Waals surface area contributed by atoms with Gasteiger partial charge in [-0.05, 0) is 37.1 Å². The molecular formula is C30H34N9NaO11S3. The fraction of sp³-hybridized carbons (Fsp3) is 0.400. The number of carbonyl (C=O) groups is 8. The Morgan fingerprint density at radius 3 is 2.39 bits per heavy atom. The average molecular weight is 816 g/mol. The minimum absolute atomic E-state index is 0. The zero-order valence-electron chi connectivity index (χ0n) is 28.0. The van der Waals surface area contributed by atoms with Gasteiger partial charge in [0.05, 0.1) is 0 Å². The molecule has 0 radical (unpaired) electrons. The Kier molecular flexibility index (Phi) is 14.5. The number of likely N-dealkylation sites (N-methyl/N-ethyl adjacent to an activating group) is 1. The monoisotopic (exact) mass is 815 g/mol. The van der Waals surface area contributed by atoms with Crippen molar-refractivity contribution in [2.24, 2.45) is 5.73 Å². The van der Waals surface area contributed by atoms with E-state index in [-0.39, 0.29) is 77.6 Å². The number of nitrogens with two attached hydrogens (primary N) is 1. The number of ether oxygens (including phenoxy) is 1. The summed E-state index contributed by atoms with van der Waals surface area (Å²) in [6.45, 7) is 3.04. The van der Waals surface area contributed by atoms with Gasteiger partial charge in [-0.1, -0.05) is 35.2 Å². The number of piperazine rings is 1. The normalized spacial score (nSPS) is 19.2. The number of amides is 7. The number of nitrogens with one attached hydrogen (secondary N) is 3. The predicted molar refractivity (Wildman–Crippen MR) is 194 cm³/mol. The molecular weight excluding hydrogens is 782 g/mol. The molecule has 0 spiro atoms. The van der Waals surface area contributed by atoms with Crippen LogP contribution in [-0.4, -0.2) is 168 Å². The van der Waals surface area contributed by atoms with Gasteiger partial charge < -0.3 is 36.2 Å². The molecule has 3 aliphatic heterocycles. The number of carboxylic acid groups (broad SMARTS) is 2. The Morgan fingerprint density at radius 1 is 1.07 bits per heavy atom. The second-order valence-corrected chi connectivity index (χ2v) is 15.1. The van der Waals surface area contributed by atoms with E-state index in [1.54, 1.807) is 13.8 Å². The molecule has 3 aliphatic rings. The van der Waals surface area contributed by atoms with E-state index in [0.717, 1.165) is 9.91 Å². The number of β-lactam (4-membered cyclic amide) rings is 1. The van der Waals surface area contributed by atoms with Gasteiger partial charge in [-0.15, -0.1) is 22.0 Å². The van der Waals surface area contributed by atoms with Gasteiger partial charge in [0.25, 0.3) is 5.91 Å². The van der Waals surface area contributed by atoms with Gasteiger partial charge in [-0.3, -0.25) is 39.1 Å². The van der Waals surface area contributed by atoms with Crippen LogP contribution in [0.15, 0.2) is 39.9 Å². The number of benzene rings is 1. The van der Waals surface area contributed by atoms with Crippen LogP contribution < -0.4 is 21.7 Å². The molecule has 1 aromatic carbocycles. The summed E-state index contributed by atoms with van der Waals surface area (Å²) in [5.74, 6) is -5.76. The summed E-state index contributed by atoms with van der Waals surface area (Å²) in [7, 11) is 0. The first-order valence-electron chi connectivity index (χ1n) is 15.8. The number of anilines is 1. The van der Waals surface area contributed by atoms with E-state index in [1.807, 2.05) is 0 Å². The first-order valence-corrected chi connectivity index (χ1v) is 18.6. The molecule has 7 N–H and O–H groups in total. The minimum atomic E-state index is -1.54. The van der Waals surface area contributed by atoms with Crippen LogP contribution in [0.3, 0.4) is 0 Å². The SMILES string of the molecule is CCN1CCN(C(=O)N[C@@H](C(=O)N[C@@H]2C(=O)N3C(C(=O)O)=C(CSc4nnc(C)s4)CS[C@H]23)c2ccc(NC(=O)OC[C@@H](N)C(=O)O)cc2)C(=O)C1=O.[NaH]. The topological polar surface area (TPSA) is 284 Å². The first kappa shape index (κ1) is 42.5. The van der Waals surface area contributed by atoms with E-state index in [2.05, 4.69) is 26.1 Å². The molecule has 24 heteroatoms. The number of hydrogen-bond donors (Lipinski definition) is 6. The van der Waals surface area contributed by atoms with Gasteiger partial charge >= 0.3 is 65.4 Å². The number of aliphatic carboxylic acids is 2. The summed E-state index contributed by atoms with van der Waals surface area (Å²) in [6, 6.07) is 0.167. The third-order valence-corrected chi connectivity index (χ3v) is 11.5. The van der Waals surface area contributed by atoms with E-state index in [9.17, 15) is 43.5 Å². The van der Waals surface area contributed by atoms with Gasteiger partial charge in [-0.2, -0.15) is 0 Å². The number of urea groups is 1. The molecule has 5 rings (SSSR count). The van der Waals surface area contributed by atoms with Crippen molar-refractivity contribution in [3.8, 4) is 0 Å². The maximum absolute atomic E-state index is 13.9. The van der Waals surface area contributed by atoms with E-state index in [1.165, 1.54) is 64.0 Å². The van der Waals surface area contributed by atoms with Gasteiger partial charge in [0.2, 0.25) is 5.91 Å². The number of imide groups is 1. The zero-order valence-corrected chi connectivity index (χ0v) is 30.4. The van der Waals surface area contributed by atoms with Crippen LogP contribution in [0.25, 0.3) is 0 Å². The fourth-order valence-electron chi connectivity index (χ4n) is 5.34. The van der Waals surface area contributed by atoms with Gasteiger partial charge in [0, 0.05) is 36.8 Å². The molecule has 0 aliphatic carbocycles. The van der Waals surface area contributed by atoms with Crippen molar-refractivity contribution in [3.63, 3.8) is 0 Å². The van der Waals surface area contributed by atoms with E-state index in [0.29, 0.717) is 14.8 Å². The molecule has 4 heterocycles. The summed E-state index contributed by atoms with van der Waals surface area (Å²) in [5, 5.41) is 34.3. The number of aryl methyl sites for hydroxylation is 1. The molecule has 2 saturated heterocycles. The van der Waals surface area contributed by atoms with Crippen molar-refractivity contribution < 1.29 is 53.3 Å². The van der Waals surface area contributed by atoms with E-state index < -0.39 is 77.8 Å². The second kappa shape index (κ2) is 18.4. The first-order chi connectivity index (χ1) is 25.2. The van der Waals surface area contributed by atoms with Crippen molar-refractivity contribution in [2.45, 2.75) is 41.7 Å². The number of rotatable bonds is 13. The predicted octanol–water partition coefficient (Wildman–Crippen LogP) is -0.869. The molecule has 1 aromatic heterocycles. The van der Waals surface area contributed by atoms with Crippen molar-refractivity contribution in [3.05, 3.63) is 46.1 Å². The summed E-state index contributed by atoms with van der Waals surface area (Å²) < 4.78 is 5.43. The standard InChI is InChI=1S/C30H33N9O11S3.Na.H/c1-3-37-8-9-38(24(43)23(37)42)28(48)34-18(14-4-6-16(7-5-14)32-29(49)50-10-17(31)26(44)45)21(40)33-19-22(41)39-20(27(46)47)15(11-51-25(19)39)12-52-30-36-35-13(2)53-30;;/h4-7,17-19,25H,3,8-12,31H2,1-2H3,(H,32,49)(H,33,40)(H,34,48)(H,44,45)(H,46,47);;/t17-,18-,19-,25-;;/m1../s1. The van der Waals surface area contributed by atoms with Crippen LogP contribution in [0.4, 0.5) is 15.3 Å². The number of aromatic nitrogens is 2. The Bertz CT molecular complexity index is 1880. The van der Waals surface area contributed by atoms with E-state index in [4.69, 9.17) is 15.6 Å². The summed E-state index contributed by atoms with van der Waals surface area (Å²) >= 11 is 3.89. The number of nitrogens with zero attached hydrogens (tertiary/aromatic N) is 5. The quantitative estimate of drug-likeness (QED) is 0.0620. The second-order valence-electron chi connectivity index (χ2n) is 11.5. The van der Waals surface area contributed by atoms with Gasteiger partial charge in [0.15, 0.2) is 4.34 Å². The average Bonchev–Trinajstić information content (AvgIpc) is 3.56. The zero-order chi connectivity index (χ0) is 38.6. The molecule has 4 atom stereocenters. The molecule has 0 saturated carbocycles. The van der Waals surface area contributed by atoms with Crippen LogP contribution in [0.1, 0.15) is 23.5 Å². The Hall–Kier alpha value is -4.26. The van der Waals surface area contributed by atoms with Crippen molar-refractivity contribution in [1.29, 1.82) is 0 Å². The maximum atomic E-state index is 13.9. The molecule has 2 fully saturated rings. The number of hydrogen-bond acceptors (Lipinski definition) is 15. The Labute approximate surface area is 341 Å². The number of fused-ring (bicyclic) bond motifs is 1. The van der Waals surface area contributed by atoms with Crippen LogP contribution in [-0.2, 0) is 33.5 Å². The number of carbonyl (C=O) groups excluding carboxylic acids is 6. The number of carboxylic acids is 2. The Balaban J connectivity index is 0.00000650. The van der Waals surface area contributed by atoms with Crippen LogP contribution in [0.2, 0.25) is 0 Å². The van der Waals surface area contributed by atoms with Crippen molar-refractivity contribution in [2.75, 3.05) is 43.1 Å². The van der Waals surface area contributed by atoms with Gasteiger partial charge in [-0.25, -0.2) is 14.4 Å². The van der Waals surface area contributed by atoms with E-state index >= 15 is 0 Å². The van der Waals surface area contributed by atoms with Crippen molar-refractivity contribution in [1.82, 2.24) is 35.5 Å². The molecule has 0 unspecified atom stereocenters. The van der Waals surface area contributed by atoms with Crippen molar-refractivity contribution >= 4 is 118 Å². The Morgan fingerprint density at radius 2 is 1.78 bits per heavy atom. The number of thioether (sulfide) groups is 2. The molecule has 0 bridgehead atoms. The summed E-state index contributed by atoms with van der Waals surface area (Å²) in [6.07, 6.45) is -1.02. The summed E-state index contributed by atoms with van der Waals surface area (Å²) in [4.78, 5) is 104. The molecule has 20 nitrogen and oxygen atoms in total. The molecule has 2 aromatic rings. The summed E-state index contributed by atoms with van der Waals surface area (Å²) in [5.41, 5.74) is 5.91. The molecule has 54 heavy (non-hydrogen) atoms. The van der Waals surface area contributed by atoms with Crippen LogP contribution in [0, 0.1) is 6.92 Å². The molecule has 284 valence electrons.